The Morgan fingerprint density at radius 1 is 1.00 bits per heavy atom. The molecule has 1 aromatic heterocycles. The Balaban J connectivity index is 1.59. The number of aryl methyl sites for hydroxylation is 1. The summed E-state index contributed by atoms with van der Waals surface area (Å²) in [5.41, 5.74) is 0. The van der Waals surface area contributed by atoms with Crippen LogP contribution in [0.3, 0.4) is 0 Å². The van der Waals surface area contributed by atoms with Crippen molar-refractivity contribution in [2.45, 2.75) is 19.4 Å². The van der Waals surface area contributed by atoms with Crippen LogP contribution >= 0.6 is 0 Å². The SMILES string of the molecule is c1ccc(OCCCCn2nccn2)cc1. The van der Waals surface area contributed by atoms with Crippen molar-refractivity contribution >= 4 is 0 Å². The lowest BCUT2D eigenvalue weighted by Crippen LogP contribution is -2.04. The molecule has 0 saturated carbocycles. The van der Waals surface area contributed by atoms with E-state index in [9.17, 15) is 0 Å². The molecule has 1 aromatic carbocycles. The first-order chi connectivity index (χ1) is 7.95. The van der Waals surface area contributed by atoms with Gasteiger partial charge in [-0.15, -0.1) is 0 Å². The molecular weight excluding hydrogens is 202 g/mol. The molecule has 0 aliphatic rings. The van der Waals surface area contributed by atoms with Gasteiger partial charge in [-0.05, 0) is 25.0 Å². The molecule has 2 aromatic rings. The summed E-state index contributed by atoms with van der Waals surface area (Å²) in [6.07, 6.45) is 5.43. The molecule has 4 nitrogen and oxygen atoms in total. The number of unbranched alkanes of at least 4 members (excludes halogenated alkanes) is 1. The molecule has 0 unspecified atom stereocenters. The van der Waals surface area contributed by atoms with E-state index in [2.05, 4.69) is 10.2 Å². The first-order valence-electron chi connectivity index (χ1n) is 5.47. The summed E-state index contributed by atoms with van der Waals surface area (Å²) in [5, 5.41) is 8.07. The molecule has 0 saturated heterocycles. The molecule has 4 heteroatoms. The summed E-state index contributed by atoms with van der Waals surface area (Å²) < 4.78 is 5.58. The van der Waals surface area contributed by atoms with E-state index in [1.165, 1.54) is 0 Å². The second-order valence-corrected chi connectivity index (χ2v) is 3.49. The van der Waals surface area contributed by atoms with Crippen molar-refractivity contribution in [3.8, 4) is 5.75 Å². The van der Waals surface area contributed by atoms with Gasteiger partial charge in [0.25, 0.3) is 0 Å². The van der Waals surface area contributed by atoms with Crippen LogP contribution in [0.4, 0.5) is 0 Å². The van der Waals surface area contributed by atoms with Crippen molar-refractivity contribution in [1.82, 2.24) is 15.0 Å². The highest BCUT2D eigenvalue weighted by Gasteiger charge is 1.94. The average molecular weight is 217 g/mol. The van der Waals surface area contributed by atoms with Crippen molar-refractivity contribution in [1.29, 1.82) is 0 Å². The molecule has 0 amide bonds. The molecule has 0 bridgehead atoms. The number of hydrogen-bond acceptors (Lipinski definition) is 3. The van der Waals surface area contributed by atoms with E-state index >= 15 is 0 Å². The second-order valence-electron chi connectivity index (χ2n) is 3.49. The lowest BCUT2D eigenvalue weighted by Gasteiger charge is -2.05. The minimum Gasteiger partial charge on any atom is -0.494 e. The molecule has 84 valence electrons. The van der Waals surface area contributed by atoms with Gasteiger partial charge in [-0.25, -0.2) is 0 Å². The molecule has 1 heterocycles. The van der Waals surface area contributed by atoms with Crippen molar-refractivity contribution in [3.63, 3.8) is 0 Å². The first-order valence-corrected chi connectivity index (χ1v) is 5.47. The summed E-state index contributed by atoms with van der Waals surface area (Å²) >= 11 is 0. The number of hydrogen-bond donors (Lipinski definition) is 0. The summed E-state index contributed by atoms with van der Waals surface area (Å²) in [5.74, 6) is 0.930. The predicted octanol–water partition coefficient (Wildman–Crippen LogP) is 2.14. The monoisotopic (exact) mass is 217 g/mol. The Kier molecular flexibility index (Phi) is 3.94. The number of nitrogens with zero attached hydrogens (tertiary/aromatic N) is 3. The van der Waals surface area contributed by atoms with Crippen LogP contribution < -0.4 is 4.74 Å². The fourth-order valence-corrected chi connectivity index (χ4v) is 1.42. The zero-order valence-corrected chi connectivity index (χ0v) is 9.12. The van der Waals surface area contributed by atoms with Gasteiger partial charge in [-0.1, -0.05) is 18.2 Å². The van der Waals surface area contributed by atoms with E-state index < -0.39 is 0 Å². The number of para-hydroxylation sites is 1. The third-order valence-corrected chi connectivity index (χ3v) is 2.23. The standard InChI is InChI=1S/C12H15N3O/c1-2-6-12(7-3-1)16-11-5-4-10-15-13-8-9-14-15/h1-3,6-9H,4-5,10-11H2. The van der Waals surface area contributed by atoms with Gasteiger partial charge >= 0.3 is 0 Å². The predicted molar refractivity (Wildman–Crippen MR) is 61.2 cm³/mol. The van der Waals surface area contributed by atoms with E-state index in [1.807, 2.05) is 30.3 Å². The van der Waals surface area contributed by atoms with Crippen LogP contribution in [0.1, 0.15) is 12.8 Å². The largest absolute Gasteiger partial charge is 0.494 e. The molecule has 16 heavy (non-hydrogen) atoms. The minimum absolute atomic E-state index is 0.741. The van der Waals surface area contributed by atoms with Gasteiger partial charge in [0.2, 0.25) is 0 Å². The van der Waals surface area contributed by atoms with Gasteiger partial charge in [0.1, 0.15) is 5.75 Å². The maximum atomic E-state index is 5.58. The van der Waals surface area contributed by atoms with Crippen LogP contribution in [0, 0.1) is 0 Å². The minimum atomic E-state index is 0.741. The highest BCUT2D eigenvalue weighted by molar-refractivity contribution is 5.20. The number of rotatable bonds is 6. The molecule has 0 fully saturated rings. The Morgan fingerprint density at radius 2 is 1.75 bits per heavy atom. The highest BCUT2D eigenvalue weighted by atomic mass is 16.5. The van der Waals surface area contributed by atoms with E-state index in [0.717, 1.165) is 31.7 Å². The molecule has 2 rings (SSSR count). The quantitative estimate of drug-likeness (QED) is 0.696. The fourth-order valence-electron chi connectivity index (χ4n) is 1.42. The van der Waals surface area contributed by atoms with Gasteiger partial charge in [0.05, 0.1) is 25.5 Å². The lowest BCUT2D eigenvalue weighted by atomic mass is 10.3. The molecule has 0 aliphatic heterocycles. The molecule has 0 radical (unpaired) electrons. The normalized spacial score (nSPS) is 10.2. The van der Waals surface area contributed by atoms with E-state index in [4.69, 9.17) is 4.74 Å². The van der Waals surface area contributed by atoms with Crippen molar-refractivity contribution < 1.29 is 4.74 Å². The van der Waals surface area contributed by atoms with E-state index in [0.29, 0.717) is 0 Å². The summed E-state index contributed by atoms with van der Waals surface area (Å²) in [6.45, 7) is 1.59. The van der Waals surface area contributed by atoms with Gasteiger partial charge in [0, 0.05) is 0 Å². The topological polar surface area (TPSA) is 39.9 Å². The van der Waals surface area contributed by atoms with Gasteiger partial charge in [-0.3, -0.25) is 0 Å². The zero-order valence-electron chi connectivity index (χ0n) is 9.12. The Morgan fingerprint density at radius 3 is 2.50 bits per heavy atom. The van der Waals surface area contributed by atoms with Crippen molar-refractivity contribution in [2.75, 3.05) is 6.61 Å². The molecule has 0 aliphatic carbocycles. The van der Waals surface area contributed by atoms with Gasteiger partial charge < -0.3 is 4.74 Å². The Hall–Kier alpha value is -1.84. The van der Waals surface area contributed by atoms with Crippen LogP contribution in [0.15, 0.2) is 42.7 Å². The Labute approximate surface area is 94.9 Å². The zero-order chi connectivity index (χ0) is 11.1. The van der Waals surface area contributed by atoms with Crippen LogP contribution in [0.5, 0.6) is 5.75 Å². The fraction of sp³-hybridized carbons (Fsp3) is 0.333. The molecule has 0 N–H and O–H groups in total. The van der Waals surface area contributed by atoms with Gasteiger partial charge in [-0.2, -0.15) is 15.0 Å². The molecular formula is C12H15N3O. The molecule has 0 spiro atoms. The van der Waals surface area contributed by atoms with Crippen LogP contribution in [-0.2, 0) is 6.54 Å². The third kappa shape index (κ3) is 3.38. The summed E-state index contributed by atoms with van der Waals surface area (Å²) in [4.78, 5) is 1.70. The first kappa shape index (κ1) is 10.7. The van der Waals surface area contributed by atoms with Crippen LogP contribution in [-0.4, -0.2) is 21.6 Å². The van der Waals surface area contributed by atoms with Crippen molar-refractivity contribution in [3.05, 3.63) is 42.7 Å². The van der Waals surface area contributed by atoms with Crippen LogP contribution in [0.2, 0.25) is 0 Å². The number of aromatic nitrogens is 3. The third-order valence-electron chi connectivity index (χ3n) is 2.23. The number of ether oxygens (including phenoxy) is 1. The van der Waals surface area contributed by atoms with E-state index in [1.54, 1.807) is 17.2 Å². The van der Waals surface area contributed by atoms with Gasteiger partial charge in [0.15, 0.2) is 0 Å². The Bertz CT molecular complexity index is 386. The van der Waals surface area contributed by atoms with Crippen LogP contribution in [0.25, 0.3) is 0 Å². The number of benzene rings is 1. The summed E-state index contributed by atoms with van der Waals surface area (Å²) in [7, 11) is 0. The highest BCUT2D eigenvalue weighted by Crippen LogP contribution is 2.08. The van der Waals surface area contributed by atoms with Crippen molar-refractivity contribution in [2.24, 2.45) is 0 Å². The molecule has 0 atom stereocenters. The average Bonchev–Trinajstić information content (AvgIpc) is 2.83. The lowest BCUT2D eigenvalue weighted by molar-refractivity contribution is 0.300. The summed E-state index contributed by atoms with van der Waals surface area (Å²) in [6, 6.07) is 9.87. The van der Waals surface area contributed by atoms with E-state index in [-0.39, 0.29) is 0 Å². The second kappa shape index (κ2) is 5.90. The smallest absolute Gasteiger partial charge is 0.119 e. The maximum absolute atomic E-state index is 5.58. The maximum Gasteiger partial charge on any atom is 0.119 e.